The predicted octanol–water partition coefficient (Wildman–Crippen LogP) is 4.26. The SMILES string of the molecule is Cc1c(-c2c(F)cccc2C#N)nc2c3cc(-c4cn[nH]c4)cnc3ccn12. The van der Waals surface area contributed by atoms with E-state index in [4.69, 9.17) is 4.98 Å². The van der Waals surface area contributed by atoms with Gasteiger partial charge in [-0.1, -0.05) is 6.07 Å². The van der Waals surface area contributed by atoms with Crippen molar-refractivity contribution in [3.63, 3.8) is 0 Å². The van der Waals surface area contributed by atoms with Gasteiger partial charge in [0.1, 0.15) is 11.5 Å². The lowest BCUT2D eigenvalue weighted by Gasteiger charge is -2.04. The largest absolute Gasteiger partial charge is 0.303 e. The third kappa shape index (κ3) is 2.28. The molecule has 0 aliphatic carbocycles. The molecule has 4 aromatic heterocycles. The lowest BCUT2D eigenvalue weighted by Crippen LogP contribution is -1.93. The molecule has 28 heavy (non-hydrogen) atoms. The summed E-state index contributed by atoms with van der Waals surface area (Å²) in [6.07, 6.45) is 7.17. The van der Waals surface area contributed by atoms with Crippen molar-refractivity contribution < 1.29 is 4.39 Å². The Morgan fingerprint density at radius 1 is 1.18 bits per heavy atom. The van der Waals surface area contributed by atoms with Crippen molar-refractivity contribution >= 4 is 16.6 Å². The van der Waals surface area contributed by atoms with E-state index in [0.717, 1.165) is 27.7 Å². The third-order valence-electron chi connectivity index (χ3n) is 4.89. The molecule has 1 N–H and O–H groups in total. The molecule has 0 fully saturated rings. The summed E-state index contributed by atoms with van der Waals surface area (Å²) in [5.41, 5.74) is 4.95. The van der Waals surface area contributed by atoms with Crippen LogP contribution in [0.1, 0.15) is 11.3 Å². The van der Waals surface area contributed by atoms with Gasteiger partial charge in [-0.3, -0.25) is 10.1 Å². The Hall–Kier alpha value is -4.05. The number of hydrogen-bond donors (Lipinski definition) is 1. The van der Waals surface area contributed by atoms with Gasteiger partial charge in [-0.2, -0.15) is 10.4 Å². The van der Waals surface area contributed by atoms with Gasteiger partial charge in [-0.25, -0.2) is 9.37 Å². The van der Waals surface area contributed by atoms with Crippen molar-refractivity contribution in [3.05, 3.63) is 72.2 Å². The molecule has 6 nitrogen and oxygen atoms in total. The van der Waals surface area contributed by atoms with Crippen molar-refractivity contribution in [1.29, 1.82) is 5.26 Å². The number of nitrogens with zero attached hydrogens (tertiary/aromatic N) is 5. The first-order valence-electron chi connectivity index (χ1n) is 8.63. The number of imidazole rings is 1. The number of nitriles is 1. The highest BCUT2D eigenvalue weighted by atomic mass is 19.1. The zero-order valence-electron chi connectivity index (χ0n) is 14.8. The maximum Gasteiger partial charge on any atom is 0.147 e. The summed E-state index contributed by atoms with van der Waals surface area (Å²) in [4.78, 5) is 9.24. The molecule has 0 amide bonds. The summed E-state index contributed by atoms with van der Waals surface area (Å²) >= 11 is 0. The van der Waals surface area contributed by atoms with Gasteiger partial charge in [0, 0.05) is 40.8 Å². The van der Waals surface area contributed by atoms with Crippen molar-refractivity contribution in [2.24, 2.45) is 0 Å². The van der Waals surface area contributed by atoms with E-state index >= 15 is 0 Å². The average molecular weight is 368 g/mol. The van der Waals surface area contributed by atoms with Gasteiger partial charge in [0.25, 0.3) is 0 Å². The zero-order valence-corrected chi connectivity index (χ0v) is 14.8. The smallest absolute Gasteiger partial charge is 0.147 e. The highest BCUT2D eigenvalue weighted by Gasteiger charge is 2.19. The highest BCUT2D eigenvalue weighted by Crippen LogP contribution is 2.32. The van der Waals surface area contributed by atoms with Crippen LogP contribution in [0.4, 0.5) is 4.39 Å². The molecule has 0 atom stereocenters. The van der Waals surface area contributed by atoms with Crippen LogP contribution in [0.5, 0.6) is 0 Å². The Morgan fingerprint density at radius 3 is 2.86 bits per heavy atom. The third-order valence-corrected chi connectivity index (χ3v) is 4.89. The van der Waals surface area contributed by atoms with Crippen LogP contribution in [0, 0.1) is 24.1 Å². The lowest BCUT2D eigenvalue weighted by molar-refractivity contribution is 0.630. The monoisotopic (exact) mass is 368 g/mol. The fraction of sp³-hybridized carbons (Fsp3) is 0.0476. The molecule has 0 radical (unpaired) electrons. The van der Waals surface area contributed by atoms with Crippen molar-refractivity contribution in [2.45, 2.75) is 6.92 Å². The molecular weight excluding hydrogens is 355 g/mol. The molecule has 1 aromatic carbocycles. The van der Waals surface area contributed by atoms with Crippen LogP contribution < -0.4 is 0 Å². The highest BCUT2D eigenvalue weighted by molar-refractivity contribution is 5.95. The van der Waals surface area contributed by atoms with E-state index < -0.39 is 5.82 Å². The van der Waals surface area contributed by atoms with Gasteiger partial charge < -0.3 is 4.40 Å². The number of aryl methyl sites for hydroxylation is 1. The number of hydrogen-bond acceptors (Lipinski definition) is 4. The standard InChI is InChI=1S/C21H13FN6/c1-12-20(19-13(8-23)3-2-4-17(19)22)27-21-16-7-14(15-10-25-26-11-15)9-24-18(16)5-6-28(12)21/h2-7,9-11H,1H3,(H,25,26). The molecule has 134 valence electrons. The van der Waals surface area contributed by atoms with Crippen LogP contribution in [0.3, 0.4) is 0 Å². The molecule has 0 aliphatic heterocycles. The van der Waals surface area contributed by atoms with E-state index in [0.29, 0.717) is 11.3 Å². The zero-order chi connectivity index (χ0) is 19.3. The molecule has 5 aromatic rings. The normalized spacial score (nSPS) is 11.2. The van der Waals surface area contributed by atoms with E-state index in [2.05, 4.69) is 21.3 Å². The molecule has 0 saturated carbocycles. The topological polar surface area (TPSA) is 82.7 Å². The number of fused-ring (bicyclic) bond motifs is 3. The Balaban J connectivity index is 1.83. The summed E-state index contributed by atoms with van der Waals surface area (Å²) in [5, 5.41) is 17.0. The van der Waals surface area contributed by atoms with E-state index in [1.807, 2.05) is 29.7 Å². The molecule has 0 unspecified atom stereocenters. The Morgan fingerprint density at radius 2 is 2.07 bits per heavy atom. The van der Waals surface area contributed by atoms with E-state index in [-0.39, 0.29) is 11.1 Å². The molecule has 7 heteroatoms. The second-order valence-corrected chi connectivity index (χ2v) is 6.47. The summed E-state index contributed by atoms with van der Waals surface area (Å²) in [7, 11) is 0. The molecule has 0 spiro atoms. The minimum atomic E-state index is -0.466. The van der Waals surface area contributed by atoms with Crippen LogP contribution in [0.2, 0.25) is 0 Å². The van der Waals surface area contributed by atoms with Crippen LogP contribution in [-0.4, -0.2) is 24.6 Å². The van der Waals surface area contributed by atoms with Gasteiger partial charge in [0.05, 0.1) is 34.6 Å². The Kier molecular flexibility index (Phi) is 3.46. The first kappa shape index (κ1) is 16.1. The van der Waals surface area contributed by atoms with E-state index in [1.54, 1.807) is 24.7 Å². The second-order valence-electron chi connectivity index (χ2n) is 6.47. The first-order valence-corrected chi connectivity index (χ1v) is 8.63. The summed E-state index contributed by atoms with van der Waals surface area (Å²) in [6.45, 7) is 1.86. The molecule has 4 heterocycles. The molecule has 0 saturated heterocycles. The van der Waals surface area contributed by atoms with E-state index in [9.17, 15) is 9.65 Å². The van der Waals surface area contributed by atoms with Gasteiger partial charge in [0.15, 0.2) is 0 Å². The quantitative estimate of drug-likeness (QED) is 0.505. The second kappa shape index (κ2) is 5.99. The van der Waals surface area contributed by atoms with Crippen molar-refractivity contribution in [1.82, 2.24) is 24.6 Å². The number of halogens is 1. The van der Waals surface area contributed by atoms with Crippen LogP contribution in [0.15, 0.2) is 55.1 Å². The minimum absolute atomic E-state index is 0.221. The predicted molar refractivity (Wildman–Crippen MR) is 103 cm³/mol. The van der Waals surface area contributed by atoms with Gasteiger partial charge in [0.2, 0.25) is 0 Å². The number of pyridine rings is 2. The molecule has 0 bridgehead atoms. The fourth-order valence-corrected chi connectivity index (χ4v) is 3.48. The molecular formula is C21H13FN6. The summed E-state index contributed by atoms with van der Waals surface area (Å²) in [5.74, 6) is -0.466. The molecule has 0 aliphatic rings. The minimum Gasteiger partial charge on any atom is -0.303 e. The summed E-state index contributed by atoms with van der Waals surface area (Å²) in [6, 6.07) is 10.4. The number of benzene rings is 1. The van der Waals surface area contributed by atoms with Crippen LogP contribution in [-0.2, 0) is 0 Å². The van der Waals surface area contributed by atoms with Crippen LogP contribution >= 0.6 is 0 Å². The first-order chi connectivity index (χ1) is 13.7. The summed E-state index contributed by atoms with van der Waals surface area (Å²) < 4.78 is 16.5. The van der Waals surface area contributed by atoms with Gasteiger partial charge in [-0.05, 0) is 31.2 Å². The average Bonchev–Trinajstić information content (AvgIpc) is 3.36. The number of H-pyrrole nitrogens is 1. The fourth-order valence-electron chi connectivity index (χ4n) is 3.48. The van der Waals surface area contributed by atoms with Gasteiger partial charge in [-0.15, -0.1) is 0 Å². The Bertz CT molecular complexity index is 1390. The maximum absolute atomic E-state index is 14.6. The number of rotatable bonds is 2. The number of aromatic amines is 1. The lowest BCUT2D eigenvalue weighted by atomic mass is 10.0. The Labute approximate surface area is 158 Å². The van der Waals surface area contributed by atoms with Crippen molar-refractivity contribution in [2.75, 3.05) is 0 Å². The maximum atomic E-state index is 14.6. The van der Waals surface area contributed by atoms with Crippen LogP contribution in [0.25, 0.3) is 38.9 Å². The van der Waals surface area contributed by atoms with Gasteiger partial charge >= 0.3 is 0 Å². The number of aromatic nitrogens is 5. The molecule has 5 rings (SSSR count). The number of nitrogens with one attached hydrogen (secondary N) is 1. The van der Waals surface area contributed by atoms with Crippen molar-refractivity contribution in [3.8, 4) is 28.5 Å². The van der Waals surface area contributed by atoms with E-state index in [1.165, 1.54) is 12.1 Å².